The quantitative estimate of drug-likeness (QED) is 0.613. The molecule has 3 aromatic rings. The lowest BCUT2D eigenvalue weighted by atomic mass is 10.1. The Morgan fingerprint density at radius 1 is 1.06 bits per heavy atom. The third-order valence-corrected chi connectivity index (χ3v) is 5.86. The van der Waals surface area contributed by atoms with Crippen LogP contribution in [0, 0.1) is 5.82 Å². The van der Waals surface area contributed by atoms with Crippen molar-refractivity contribution in [3.63, 3.8) is 0 Å². The van der Waals surface area contributed by atoms with Gasteiger partial charge in [0.25, 0.3) is 0 Å². The van der Waals surface area contributed by atoms with Crippen molar-refractivity contribution in [2.24, 2.45) is 0 Å². The molecule has 0 N–H and O–H groups in total. The molecule has 2 aliphatic heterocycles. The standard InChI is InChI=1S/C24H24FN5O2/c25-18-5-7-19(8-6-18)32-23-20-16-30(22(31)14-17-4-3-10-26-15-17)13-9-21(20)27-24(28-23)29-11-1-2-12-29/h3-8,10,15H,1-2,9,11-14,16H2. The molecule has 2 aliphatic rings. The Bertz CT molecular complexity index is 1100. The summed E-state index contributed by atoms with van der Waals surface area (Å²) in [7, 11) is 0. The van der Waals surface area contributed by atoms with Crippen molar-refractivity contribution in [3.8, 4) is 11.6 Å². The second-order valence-corrected chi connectivity index (χ2v) is 8.11. The molecule has 0 unspecified atom stereocenters. The first kappa shape index (κ1) is 20.4. The molecule has 1 fully saturated rings. The highest BCUT2D eigenvalue weighted by molar-refractivity contribution is 5.79. The summed E-state index contributed by atoms with van der Waals surface area (Å²) in [6.07, 6.45) is 6.57. The number of amides is 1. The highest BCUT2D eigenvalue weighted by Gasteiger charge is 2.28. The number of hydrogen-bond acceptors (Lipinski definition) is 6. The van der Waals surface area contributed by atoms with E-state index in [9.17, 15) is 9.18 Å². The molecule has 0 saturated carbocycles. The Morgan fingerprint density at radius 3 is 2.62 bits per heavy atom. The Hall–Kier alpha value is -3.55. The van der Waals surface area contributed by atoms with Crippen LogP contribution in [-0.2, 0) is 24.2 Å². The van der Waals surface area contributed by atoms with E-state index in [1.54, 1.807) is 24.5 Å². The van der Waals surface area contributed by atoms with Gasteiger partial charge in [-0.15, -0.1) is 0 Å². The van der Waals surface area contributed by atoms with Crippen LogP contribution in [0.2, 0.25) is 0 Å². The van der Waals surface area contributed by atoms with Crippen molar-refractivity contribution in [2.45, 2.75) is 32.2 Å². The van der Waals surface area contributed by atoms with Crippen molar-refractivity contribution in [1.29, 1.82) is 0 Å². The molecule has 0 bridgehead atoms. The van der Waals surface area contributed by atoms with E-state index >= 15 is 0 Å². The molecule has 1 aromatic carbocycles. The van der Waals surface area contributed by atoms with Crippen LogP contribution < -0.4 is 9.64 Å². The molecule has 7 nitrogen and oxygen atoms in total. The molecule has 0 radical (unpaired) electrons. The molecule has 4 heterocycles. The van der Waals surface area contributed by atoms with Crippen molar-refractivity contribution >= 4 is 11.9 Å². The summed E-state index contributed by atoms with van der Waals surface area (Å²) in [5.41, 5.74) is 2.60. The number of aromatic nitrogens is 3. The summed E-state index contributed by atoms with van der Waals surface area (Å²) < 4.78 is 19.4. The van der Waals surface area contributed by atoms with E-state index < -0.39 is 0 Å². The van der Waals surface area contributed by atoms with Gasteiger partial charge in [-0.1, -0.05) is 6.07 Å². The van der Waals surface area contributed by atoms with Gasteiger partial charge in [-0.25, -0.2) is 9.37 Å². The van der Waals surface area contributed by atoms with E-state index in [2.05, 4.69) is 9.88 Å². The molecular formula is C24H24FN5O2. The van der Waals surface area contributed by atoms with Gasteiger partial charge in [-0.05, 0) is 48.7 Å². The van der Waals surface area contributed by atoms with Crippen molar-refractivity contribution in [1.82, 2.24) is 19.9 Å². The van der Waals surface area contributed by atoms with Crippen LogP contribution in [0.5, 0.6) is 11.6 Å². The Labute approximate surface area is 185 Å². The third kappa shape index (κ3) is 4.39. The number of rotatable bonds is 5. The number of halogens is 1. The third-order valence-electron chi connectivity index (χ3n) is 5.86. The molecule has 0 spiro atoms. The monoisotopic (exact) mass is 433 g/mol. The SMILES string of the molecule is O=C(Cc1cccnc1)N1CCc2nc(N3CCCC3)nc(Oc3ccc(F)cc3)c2C1. The fourth-order valence-corrected chi connectivity index (χ4v) is 4.13. The normalized spacial score (nSPS) is 15.5. The molecular weight excluding hydrogens is 409 g/mol. The van der Waals surface area contributed by atoms with Gasteiger partial charge < -0.3 is 14.5 Å². The maximum absolute atomic E-state index is 13.3. The number of ether oxygens (including phenoxy) is 1. The average molecular weight is 433 g/mol. The maximum Gasteiger partial charge on any atom is 0.229 e. The van der Waals surface area contributed by atoms with Crippen molar-refractivity contribution in [3.05, 3.63) is 71.4 Å². The molecule has 0 atom stereocenters. The topological polar surface area (TPSA) is 71.5 Å². The largest absolute Gasteiger partial charge is 0.438 e. The van der Waals surface area contributed by atoms with Crippen LogP contribution in [0.3, 0.4) is 0 Å². The fourth-order valence-electron chi connectivity index (χ4n) is 4.13. The van der Waals surface area contributed by atoms with Gasteiger partial charge >= 0.3 is 0 Å². The van der Waals surface area contributed by atoms with E-state index in [0.29, 0.717) is 43.5 Å². The number of benzene rings is 1. The highest BCUT2D eigenvalue weighted by Crippen LogP contribution is 2.32. The zero-order valence-electron chi connectivity index (χ0n) is 17.7. The van der Waals surface area contributed by atoms with E-state index in [1.165, 1.54) is 12.1 Å². The molecule has 164 valence electrons. The first-order valence-corrected chi connectivity index (χ1v) is 10.9. The fraction of sp³-hybridized carbons (Fsp3) is 0.333. The number of fused-ring (bicyclic) bond motifs is 1. The van der Waals surface area contributed by atoms with E-state index in [1.807, 2.05) is 17.0 Å². The van der Waals surface area contributed by atoms with E-state index in [-0.39, 0.29) is 11.7 Å². The summed E-state index contributed by atoms with van der Waals surface area (Å²) in [5.74, 6) is 1.29. The highest BCUT2D eigenvalue weighted by atomic mass is 19.1. The number of nitrogens with zero attached hydrogens (tertiary/aromatic N) is 5. The average Bonchev–Trinajstić information content (AvgIpc) is 3.36. The maximum atomic E-state index is 13.3. The zero-order valence-corrected chi connectivity index (χ0v) is 17.7. The van der Waals surface area contributed by atoms with Gasteiger partial charge in [0.2, 0.25) is 17.7 Å². The number of hydrogen-bond donors (Lipinski definition) is 0. The second-order valence-electron chi connectivity index (χ2n) is 8.11. The Morgan fingerprint density at radius 2 is 1.88 bits per heavy atom. The van der Waals surface area contributed by atoms with Gasteiger partial charge in [0, 0.05) is 38.4 Å². The Kier molecular flexibility index (Phi) is 5.66. The molecule has 1 saturated heterocycles. The van der Waals surface area contributed by atoms with E-state index in [0.717, 1.165) is 42.8 Å². The predicted octanol–water partition coefficient (Wildman–Crippen LogP) is 3.53. The lowest BCUT2D eigenvalue weighted by Gasteiger charge is -2.30. The summed E-state index contributed by atoms with van der Waals surface area (Å²) in [6, 6.07) is 9.59. The minimum atomic E-state index is -0.327. The first-order chi connectivity index (χ1) is 15.7. The molecule has 5 rings (SSSR count). The zero-order chi connectivity index (χ0) is 21.9. The van der Waals surface area contributed by atoms with Crippen LogP contribution in [0.4, 0.5) is 10.3 Å². The molecule has 2 aromatic heterocycles. The van der Waals surface area contributed by atoms with Gasteiger partial charge in [-0.2, -0.15) is 4.98 Å². The van der Waals surface area contributed by atoms with Crippen molar-refractivity contribution in [2.75, 3.05) is 24.5 Å². The number of carbonyl (C=O) groups is 1. The Balaban J connectivity index is 1.43. The van der Waals surface area contributed by atoms with Crippen LogP contribution in [0.25, 0.3) is 0 Å². The summed E-state index contributed by atoms with van der Waals surface area (Å²) >= 11 is 0. The summed E-state index contributed by atoms with van der Waals surface area (Å²) in [6.45, 7) is 2.82. The number of anilines is 1. The molecule has 8 heteroatoms. The predicted molar refractivity (Wildman–Crippen MR) is 117 cm³/mol. The van der Waals surface area contributed by atoms with Gasteiger partial charge in [0.1, 0.15) is 11.6 Å². The van der Waals surface area contributed by atoms with Crippen molar-refractivity contribution < 1.29 is 13.9 Å². The van der Waals surface area contributed by atoms with Crippen LogP contribution >= 0.6 is 0 Å². The molecule has 1 amide bonds. The van der Waals surface area contributed by atoms with Gasteiger partial charge in [-0.3, -0.25) is 9.78 Å². The number of carbonyl (C=O) groups excluding carboxylic acids is 1. The van der Waals surface area contributed by atoms with Crippen LogP contribution in [-0.4, -0.2) is 45.4 Å². The lowest BCUT2D eigenvalue weighted by molar-refractivity contribution is -0.131. The van der Waals surface area contributed by atoms with E-state index in [4.69, 9.17) is 14.7 Å². The molecule has 32 heavy (non-hydrogen) atoms. The lowest BCUT2D eigenvalue weighted by Crippen LogP contribution is -2.38. The van der Waals surface area contributed by atoms with Gasteiger partial charge in [0.15, 0.2) is 0 Å². The smallest absolute Gasteiger partial charge is 0.229 e. The van der Waals surface area contributed by atoms with Gasteiger partial charge in [0.05, 0.1) is 24.2 Å². The minimum Gasteiger partial charge on any atom is -0.438 e. The van der Waals surface area contributed by atoms with Crippen LogP contribution in [0.15, 0.2) is 48.8 Å². The summed E-state index contributed by atoms with van der Waals surface area (Å²) in [4.78, 5) is 30.5. The second kappa shape index (κ2) is 8.90. The first-order valence-electron chi connectivity index (χ1n) is 10.9. The molecule has 0 aliphatic carbocycles. The summed E-state index contributed by atoms with van der Waals surface area (Å²) in [5, 5.41) is 0. The number of pyridine rings is 1. The minimum absolute atomic E-state index is 0.0278. The van der Waals surface area contributed by atoms with Crippen LogP contribution in [0.1, 0.15) is 29.7 Å².